The van der Waals surface area contributed by atoms with E-state index in [1.165, 1.54) is 24.6 Å². The maximum atomic E-state index is 14.1. The Morgan fingerprint density at radius 3 is 2.13 bits per heavy atom. The zero-order valence-corrected chi connectivity index (χ0v) is 45.0. The van der Waals surface area contributed by atoms with Gasteiger partial charge in [0, 0.05) is 58.3 Å². The number of nitrogens with zero attached hydrogens (tertiary/aromatic N) is 1. The molecule has 0 radical (unpaired) electrons. The van der Waals surface area contributed by atoms with Crippen LogP contribution < -0.4 is 26.6 Å². The van der Waals surface area contributed by atoms with Crippen LogP contribution >= 0.6 is 0 Å². The summed E-state index contributed by atoms with van der Waals surface area (Å²) in [6.45, 7) is 12.8. The van der Waals surface area contributed by atoms with E-state index >= 15 is 0 Å². The summed E-state index contributed by atoms with van der Waals surface area (Å²) in [4.78, 5) is 43.4. The summed E-state index contributed by atoms with van der Waals surface area (Å²) in [5.41, 5.74) is 2.50. The van der Waals surface area contributed by atoms with Crippen molar-refractivity contribution < 1.29 is 73.4 Å². The van der Waals surface area contributed by atoms with Crippen LogP contribution in [0.5, 0.6) is 0 Å². The number of carboxylic acid groups (broad SMARTS) is 1. The van der Waals surface area contributed by atoms with Gasteiger partial charge < -0.3 is 85.6 Å². The SMILES string of the molecule is CC1CC(C(=O)NCCNCc2ccc(CN3CCCNCCNCCCNCC3)cc2)CC(OC2OC(CO)C(O)C(O[C@@H](CC3CCCCC3)C(=O)O)C2OC(=O)c2ccccc2)C1OC1OC(C)C(O)C(O)C1O. The first-order chi connectivity index (χ1) is 37.3. The zero-order chi connectivity index (χ0) is 54.7. The molecule has 432 valence electrons. The lowest BCUT2D eigenvalue weighted by molar-refractivity contribution is -0.349. The van der Waals surface area contributed by atoms with E-state index in [0.717, 1.165) is 109 Å². The highest BCUT2D eigenvalue weighted by atomic mass is 16.7. The molecule has 2 aliphatic carbocycles. The Hall–Kier alpha value is -3.75. The van der Waals surface area contributed by atoms with E-state index in [1.807, 2.05) is 6.92 Å². The Kier molecular flexibility index (Phi) is 24.7. The molecule has 2 aromatic carbocycles. The maximum absolute atomic E-state index is 14.1. The van der Waals surface area contributed by atoms with Crippen LogP contribution in [0.4, 0.5) is 0 Å². The number of benzene rings is 2. The van der Waals surface area contributed by atoms with Gasteiger partial charge in [-0.1, -0.05) is 81.5 Å². The molecule has 0 bridgehead atoms. The fraction of sp³-hybridized carbons (Fsp3) is 0.732. The van der Waals surface area contributed by atoms with Crippen molar-refractivity contribution in [2.45, 2.75) is 171 Å². The highest BCUT2D eigenvalue weighted by molar-refractivity contribution is 5.89. The number of carbonyl (C=O) groups is 3. The number of ether oxygens (including phenoxy) is 6. The van der Waals surface area contributed by atoms with Crippen molar-refractivity contribution >= 4 is 17.8 Å². The number of carboxylic acids is 1. The molecule has 21 heteroatoms. The largest absolute Gasteiger partial charge is 0.479 e. The van der Waals surface area contributed by atoms with Crippen molar-refractivity contribution in [2.75, 3.05) is 72.1 Å². The van der Waals surface area contributed by atoms with Crippen LogP contribution in [0.25, 0.3) is 0 Å². The minimum atomic E-state index is -1.68. The Labute approximate surface area is 453 Å². The van der Waals surface area contributed by atoms with Gasteiger partial charge in [0.05, 0.1) is 30.5 Å². The van der Waals surface area contributed by atoms with E-state index in [2.05, 4.69) is 55.7 Å². The van der Waals surface area contributed by atoms with Gasteiger partial charge in [0.25, 0.3) is 0 Å². The summed E-state index contributed by atoms with van der Waals surface area (Å²) in [5, 5.41) is 82.2. The second-order valence-corrected chi connectivity index (χ2v) is 21.7. The molecule has 15 atom stereocenters. The Bertz CT molecular complexity index is 2050. The van der Waals surface area contributed by atoms with Gasteiger partial charge in [0.15, 0.2) is 24.8 Å². The molecule has 5 aliphatic rings. The van der Waals surface area contributed by atoms with E-state index in [9.17, 15) is 45.0 Å². The number of esters is 1. The number of hydrogen-bond acceptors (Lipinski definition) is 19. The van der Waals surface area contributed by atoms with Gasteiger partial charge in [-0.15, -0.1) is 0 Å². The summed E-state index contributed by atoms with van der Waals surface area (Å²) < 4.78 is 37.6. The van der Waals surface area contributed by atoms with Crippen molar-refractivity contribution in [2.24, 2.45) is 17.8 Å². The summed E-state index contributed by atoms with van der Waals surface area (Å²) in [6, 6.07) is 16.6. The summed E-state index contributed by atoms with van der Waals surface area (Å²) in [5.74, 6) is -3.49. The van der Waals surface area contributed by atoms with Crippen LogP contribution in [-0.2, 0) is 51.1 Å². The summed E-state index contributed by atoms with van der Waals surface area (Å²) in [6.07, 6.45) is -11.3. The number of aliphatic carboxylic acids is 1. The van der Waals surface area contributed by atoms with Crippen LogP contribution in [0.15, 0.2) is 54.6 Å². The average Bonchev–Trinajstić information content (AvgIpc) is 3.43. The summed E-state index contributed by atoms with van der Waals surface area (Å²) >= 11 is 0. The molecule has 11 N–H and O–H groups in total. The van der Waals surface area contributed by atoms with E-state index < -0.39 is 110 Å². The molecule has 2 saturated carbocycles. The van der Waals surface area contributed by atoms with Crippen LogP contribution in [0.2, 0.25) is 0 Å². The van der Waals surface area contributed by atoms with Crippen molar-refractivity contribution in [3.63, 3.8) is 0 Å². The lowest BCUT2D eigenvalue weighted by Gasteiger charge is -2.48. The predicted octanol–water partition coefficient (Wildman–Crippen LogP) is 1.01. The van der Waals surface area contributed by atoms with Crippen molar-refractivity contribution in [3.05, 3.63) is 71.3 Å². The molecule has 3 heterocycles. The third-order valence-corrected chi connectivity index (χ3v) is 15.8. The maximum Gasteiger partial charge on any atom is 0.338 e. The molecule has 2 aromatic rings. The van der Waals surface area contributed by atoms with Crippen LogP contribution in [0.3, 0.4) is 0 Å². The quantitative estimate of drug-likeness (QED) is 0.0652. The molecule has 0 aromatic heterocycles. The van der Waals surface area contributed by atoms with Gasteiger partial charge in [-0.2, -0.15) is 0 Å². The minimum Gasteiger partial charge on any atom is -0.479 e. The highest BCUT2D eigenvalue weighted by Crippen LogP contribution is 2.39. The van der Waals surface area contributed by atoms with Gasteiger partial charge in [-0.05, 0) is 100 Å². The first-order valence-corrected chi connectivity index (χ1v) is 28.3. The van der Waals surface area contributed by atoms with E-state index in [0.29, 0.717) is 26.1 Å². The number of amides is 1. The minimum absolute atomic E-state index is 0.00319. The molecular formula is C56H88N6O15. The van der Waals surface area contributed by atoms with E-state index in [4.69, 9.17) is 28.4 Å². The molecule has 3 saturated heterocycles. The number of rotatable bonds is 20. The van der Waals surface area contributed by atoms with E-state index in [-0.39, 0.29) is 30.2 Å². The smallest absolute Gasteiger partial charge is 0.338 e. The van der Waals surface area contributed by atoms with Crippen LogP contribution in [0, 0.1) is 17.8 Å². The molecule has 5 fully saturated rings. The lowest BCUT2D eigenvalue weighted by atomic mass is 9.77. The predicted molar refractivity (Wildman–Crippen MR) is 283 cm³/mol. The van der Waals surface area contributed by atoms with E-state index in [1.54, 1.807) is 18.2 Å². The van der Waals surface area contributed by atoms with Crippen molar-refractivity contribution in [1.29, 1.82) is 0 Å². The number of carbonyl (C=O) groups excluding carboxylic acids is 2. The standard InChI is InChI=1S/C56H88N6O15/c1-35-29-41(52(68)61-25-24-60-32-38-15-17-39(18-16-38)33-62-27-10-21-58-23-22-57-19-9-20-59-26-28-62)31-42(49(35)77-55-48(67)47(66)45(64)36(2)72-55)74-56-51(76-54(71)40-13-7-4-8-14-40)50(46(65)44(34-63)75-56)73-43(53(69)70)30-37-11-5-3-6-12-37/h4,7-8,13-18,35-37,41-51,55-60,63-67H,3,5-6,9-12,19-34H2,1-2H3,(H,61,68)(H,69,70)/t35?,36?,41?,42?,43-,44?,45?,46?,47?,48?,49?,50?,51?,55?,56?/m0/s1. The molecule has 21 nitrogen and oxygen atoms in total. The average molecular weight is 1090 g/mol. The number of aliphatic hydroxyl groups excluding tert-OH is 5. The van der Waals surface area contributed by atoms with Gasteiger partial charge in [0.2, 0.25) is 5.91 Å². The zero-order valence-electron chi connectivity index (χ0n) is 45.0. The monoisotopic (exact) mass is 1080 g/mol. The summed E-state index contributed by atoms with van der Waals surface area (Å²) in [7, 11) is 0. The third-order valence-electron chi connectivity index (χ3n) is 15.8. The highest BCUT2D eigenvalue weighted by Gasteiger charge is 2.54. The molecule has 77 heavy (non-hydrogen) atoms. The lowest BCUT2D eigenvalue weighted by Crippen LogP contribution is -2.64. The molecule has 0 spiro atoms. The molecular weight excluding hydrogens is 997 g/mol. The fourth-order valence-corrected chi connectivity index (χ4v) is 11.3. The second-order valence-electron chi connectivity index (χ2n) is 21.7. The number of nitrogens with one attached hydrogen (secondary N) is 5. The molecule has 1 amide bonds. The van der Waals surface area contributed by atoms with Crippen LogP contribution in [0.1, 0.15) is 99.5 Å². The second kappa shape index (κ2) is 31.3. The van der Waals surface area contributed by atoms with Gasteiger partial charge in [-0.25, -0.2) is 9.59 Å². The third kappa shape index (κ3) is 18.1. The normalized spacial score (nSPS) is 33.1. The molecule has 14 unspecified atom stereocenters. The van der Waals surface area contributed by atoms with Crippen molar-refractivity contribution in [1.82, 2.24) is 31.5 Å². The van der Waals surface area contributed by atoms with Gasteiger partial charge in [0.1, 0.15) is 36.6 Å². The fourth-order valence-electron chi connectivity index (χ4n) is 11.3. The number of hydrogen-bond donors (Lipinski definition) is 11. The molecule has 7 rings (SSSR count). The van der Waals surface area contributed by atoms with Crippen LogP contribution in [-0.4, -0.2) is 205 Å². The topological polar surface area (TPSA) is 291 Å². The first kappa shape index (κ1) is 60.9. The number of aliphatic hydroxyl groups is 5. The Balaban J connectivity index is 1.02. The van der Waals surface area contributed by atoms with Gasteiger partial charge >= 0.3 is 11.9 Å². The Morgan fingerprint density at radius 2 is 1.42 bits per heavy atom. The Morgan fingerprint density at radius 1 is 0.714 bits per heavy atom. The van der Waals surface area contributed by atoms with Gasteiger partial charge in [-0.3, -0.25) is 9.69 Å². The first-order valence-electron chi connectivity index (χ1n) is 28.3. The van der Waals surface area contributed by atoms with Crippen molar-refractivity contribution in [3.8, 4) is 0 Å². The molecule has 3 aliphatic heterocycles.